The Morgan fingerprint density at radius 1 is 1.21 bits per heavy atom. The van der Waals surface area contributed by atoms with Crippen LogP contribution in [0.2, 0.25) is 0 Å². The highest BCUT2D eigenvalue weighted by Gasteiger charge is 2.30. The quantitative estimate of drug-likeness (QED) is 0.518. The van der Waals surface area contributed by atoms with Crippen molar-refractivity contribution in [2.24, 2.45) is 0 Å². The maximum atomic E-state index is 12.8. The number of benzene rings is 2. The van der Waals surface area contributed by atoms with Gasteiger partial charge in [0.05, 0.1) is 19.3 Å². The molecule has 0 aromatic heterocycles. The molecule has 0 aliphatic heterocycles. The van der Waals surface area contributed by atoms with Gasteiger partial charge in [-0.15, -0.1) is 0 Å². The molecule has 2 aromatic rings. The molecule has 1 N–H and O–H groups in total. The van der Waals surface area contributed by atoms with E-state index in [4.69, 9.17) is 9.47 Å². The molecule has 0 fully saturated rings. The predicted octanol–water partition coefficient (Wildman–Crippen LogP) is 5.05. The Labute approximate surface area is 166 Å². The van der Waals surface area contributed by atoms with Crippen LogP contribution in [-0.2, 0) is 11.0 Å². The second-order valence-electron chi connectivity index (χ2n) is 5.96. The van der Waals surface area contributed by atoms with Crippen LogP contribution in [0.5, 0.6) is 11.5 Å². The Morgan fingerprint density at radius 3 is 2.59 bits per heavy atom. The van der Waals surface area contributed by atoms with E-state index in [1.807, 2.05) is 6.92 Å². The van der Waals surface area contributed by atoms with E-state index in [1.165, 1.54) is 25.3 Å². The summed E-state index contributed by atoms with van der Waals surface area (Å²) in [5.74, 6) is 0.139. The summed E-state index contributed by atoms with van der Waals surface area (Å²) in [6.45, 7) is 2.41. The topological polar surface area (TPSA) is 71.3 Å². The molecular weight excluding hydrogens is 385 g/mol. The molecule has 0 aliphatic rings. The summed E-state index contributed by atoms with van der Waals surface area (Å²) in [5, 5.41) is 11.6. The van der Waals surface area contributed by atoms with Crippen molar-refractivity contribution >= 4 is 17.7 Å². The number of halogens is 3. The number of alkyl halides is 3. The minimum Gasteiger partial charge on any atom is -0.493 e. The number of carbonyl (C=O) groups excluding carboxylic acids is 1. The van der Waals surface area contributed by atoms with Gasteiger partial charge in [0.25, 0.3) is 5.91 Å². The third-order valence-corrected chi connectivity index (χ3v) is 3.77. The molecule has 0 bridgehead atoms. The molecule has 8 heteroatoms. The van der Waals surface area contributed by atoms with Gasteiger partial charge in [-0.1, -0.05) is 19.1 Å². The molecule has 1 amide bonds. The molecule has 0 atom stereocenters. The summed E-state index contributed by atoms with van der Waals surface area (Å²) in [4.78, 5) is 12.4. The van der Waals surface area contributed by atoms with Crippen LogP contribution in [0.25, 0.3) is 6.08 Å². The lowest BCUT2D eigenvalue weighted by molar-refractivity contribution is -0.137. The fraction of sp³-hybridized carbons (Fsp3) is 0.238. The van der Waals surface area contributed by atoms with E-state index in [2.05, 4.69) is 5.32 Å². The van der Waals surface area contributed by atoms with Gasteiger partial charge in [0.2, 0.25) is 0 Å². The first kappa shape index (κ1) is 21.8. The Hall–Kier alpha value is -3.47. The van der Waals surface area contributed by atoms with E-state index in [1.54, 1.807) is 24.3 Å². The van der Waals surface area contributed by atoms with Crippen molar-refractivity contribution in [1.29, 1.82) is 5.26 Å². The van der Waals surface area contributed by atoms with Crippen LogP contribution in [0.15, 0.2) is 48.0 Å². The van der Waals surface area contributed by atoms with Crippen molar-refractivity contribution in [2.75, 3.05) is 19.0 Å². The summed E-state index contributed by atoms with van der Waals surface area (Å²) < 4.78 is 49.2. The SMILES string of the molecule is CCCOc1cc(/C=C(\C#N)C(=O)Nc2cccc(C(F)(F)F)c2)ccc1OC. The third kappa shape index (κ3) is 6.01. The van der Waals surface area contributed by atoms with Gasteiger partial charge < -0.3 is 14.8 Å². The number of nitrogens with zero attached hydrogens (tertiary/aromatic N) is 1. The number of carbonyl (C=O) groups is 1. The molecule has 5 nitrogen and oxygen atoms in total. The van der Waals surface area contributed by atoms with Crippen molar-refractivity contribution < 1.29 is 27.4 Å². The third-order valence-electron chi connectivity index (χ3n) is 3.77. The number of methoxy groups -OCH3 is 1. The van der Waals surface area contributed by atoms with E-state index in [-0.39, 0.29) is 11.3 Å². The number of amides is 1. The molecule has 0 unspecified atom stereocenters. The average Bonchev–Trinajstić information content (AvgIpc) is 2.70. The van der Waals surface area contributed by atoms with Crippen molar-refractivity contribution in [3.8, 4) is 17.6 Å². The normalized spacial score (nSPS) is 11.5. The van der Waals surface area contributed by atoms with Gasteiger partial charge in [0.15, 0.2) is 11.5 Å². The van der Waals surface area contributed by atoms with Crippen LogP contribution in [0.1, 0.15) is 24.5 Å². The van der Waals surface area contributed by atoms with Gasteiger partial charge in [-0.05, 0) is 48.4 Å². The number of nitriles is 1. The van der Waals surface area contributed by atoms with E-state index in [9.17, 15) is 23.2 Å². The first-order valence-corrected chi connectivity index (χ1v) is 8.69. The molecule has 0 aliphatic carbocycles. The highest BCUT2D eigenvalue weighted by molar-refractivity contribution is 6.09. The van der Waals surface area contributed by atoms with Gasteiger partial charge in [-0.3, -0.25) is 4.79 Å². The van der Waals surface area contributed by atoms with E-state index in [0.29, 0.717) is 23.7 Å². The summed E-state index contributed by atoms with van der Waals surface area (Å²) in [7, 11) is 1.49. The van der Waals surface area contributed by atoms with Gasteiger partial charge in [-0.2, -0.15) is 18.4 Å². The van der Waals surface area contributed by atoms with Crippen molar-refractivity contribution in [3.05, 3.63) is 59.2 Å². The molecule has 0 saturated heterocycles. The Balaban J connectivity index is 2.26. The number of anilines is 1. The van der Waals surface area contributed by atoms with Gasteiger partial charge in [0.1, 0.15) is 11.6 Å². The lowest BCUT2D eigenvalue weighted by Gasteiger charge is -2.11. The Bertz CT molecular complexity index is 947. The van der Waals surface area contributed by atoms with Crippen LogP contribution >= 0.6 is 0 Å². The van der Waals surface area contributed by atoms with Crippen LogP contribution in [0.3, 0.4) is 0 Å². The van der Waals surface area contributed by atoms with Gasteiger partial charge in [0, 0.05) is 5.69 Å². The zero-order chi connectivity index (χ0) is 21.4. The number of rotatable bonds is 7. The second-order valence-corrected chi connectivity index (χ2v) is 5.96. The van der Waals surface area contributed by atoms with Crippen molar-refractivity contribution in [2.45, 2.75) is 19.5 Å². The van der Waals surface area contributed by atoms with Crippen molar-refractivity contribution in [1.82, 2.24) is 0 Å². The number of hydrogen-bond donors (Lipinski definition) is 1. The Kier molecular flexibility index (Phi) is 7.26. The van der Waals surface area contributed by atoms with Gasteiger partial charge >= 0.3 is 6.18 Å². The molecule has 2 aromatic carbocycles. The van der Waals surface area contributed by atoms with Crippen LogP contribution in [0, 0.1) is 11.3 Å². The molecule has 0 radical (unpaired) electrons. The largest absolute Gasteiger partial charge is 0.493 e. The second kappa shape index (κ2) is 9.64. The van der Waals surface area contributed by atoms with Gasteiger partial charge in [-0.25, -0.2) is 0 Å². The minimum atomic E-state index is -4.54. The van der Waals surface area contributed by atoms with Crippen LogP contribution in [-0.4, -0.2) is 19.6 Å². The first-order valence-electron chi connectivity index (χ1n) is 8.69. The number of nitrogens with one attached hydrogen (secondary N) is 1. The van der Waals surface area contributed by atoms with Crippen LogP contribution in [0.4, 0.5) is 18.9 Å². The highest BCUT2D eigenvalue weighted by atomic mass is 19.4. The smallest absolute Gasteiger partial charge is 0.416 e. The molecule has 0 spiro atoms. The van der Waals surface area contributed by atoms with E-state index in [0.717, 1.165) is 18.6 Å². The van der Waals surface area contributed by atoms with Crippen LogP contribution < -0.4 is 14.8 Å². The lowest BCUT2D eigenvalue weighted by Crippen LogP contribution is -2.14. The molecule has 0 heterocycles. The molecule has 2 rings (SSSR count). The summed E-state index contributed by atoms with van der Waals surface area (Å²) in [5.41, 5.74) is -0.722. The number of hydrogen-bond acceptors (Lipinski definition) is 4. The maximum absolute atomic E-state index is 12.8. The van der Waals surface area contributed by atoms with E-state index < -0.39 is 17.6 Å². The standard InChI is InChI=1S/C21H19F3N2O3/c1-3-9-29-19-11-14(7-8-18(19)28-2)10-15(13-25)20(27)26-17-6-4-5-16(12-17)21(22,23)24/h4-8,10-12H,3,9H2,1-2H3,(H,26,27)/b15-10+. The van der Waals surface area contributed by atoms with E-state index >= 15 is 0 Å². The zero-order valence-electron chi connectivity index (χ0n) is 15.8. The molecule has 0 saturated carbocycles. The summed E-state index contributed by atoms with van der Waals surface area (Å²) in [6, 6.07) is 10.8. The molecular formula is C21H19F3N2O3. The highest BCUT2D eigenvalue weighted by Crippen LogP contribution is 2.31. The first-order chi connectivity index (χ1) is 13.8. The fourth-order valence-electron chi connectivity index (χ4n) is 2.39. The lowest BCUT2D eigenvalue weighted by atomic mass is 10.1. The summed E-state index contributed by atoms with van der Waals surface area (Å²) >= 11 is 0. The minimum absolute atomic E-state index is 0.0623. The monoisotopic (exact) mass is 404 g/mol. The molecule has 152 valence electrons. The molecule has 29 heavy (non-hydrogen) atoms. The Morgan fingerprint density at radius 2 is 1.97 bits per heavy atom. The van der Waals surface area contributed by atoms with Crippen molar-refractivity contribution in [3.63, 3.8) is 0 Å². The zero-order valence-corrected chi connectivity index (χ0v) is 15.8. The summed E-state index contributed by atoms with van der Waals surface area (Å²) in [6.07, 6.45) is -2.43. The predicted molar refractivity (Wildman–Crippen MR) is 102 cm³/mol. The average molecular weight is 404 g/mol. The fourth-order valence-corrected chi connectivity index (χ4v) is 2.39. The number of ether oxygens (including phenoxy) is 2. The maximum Gasteiger partial charge on any atom is 0.416 e.